The molecule has 0 saturated heterocycles. The van der Waals surface area contributed by atoms with Crippen LogP contribution < -0.4 is 0 Å². The number of carbonyl (C=O) groups is 2. The van der Waals surface area contributed by atoms with Gasteiger partial charge in [-0.1, -0.05) is 95.3 Å². The molecule has 5 rings (SSSR count). The highest BCUT2D eigenvalue weighted by Gasteiger charge is 2.61. The first kappa shape index (κ1) is 27.3. The molecule has 2 fully saturated rings. The second kappa shape index (κ2) is 11.5. The highest BCUT2D eigenvalue weighted by molar-refractivity contribution is 6.37. The van der Waals surface area contributed by atoms with Gasteiger partial charge in [-0.05, 0) is 60.2 Å². The van der Waals surface area contributed by atoms with Gasteiger partial charge in [0.25, 0.3) is 0 Å². The molecule has 4 atom stereocenters. The van der Waals surface area contributed by atoms with Gasteiger partial charge in [-0.2, -0.15) is 0 Å². The standard InChI is InChI=1S/C30H26Cl4O4/c31-18-11-6-12-19(32)23(18)25-27(29(35)36)26(24-20(33)13-7-14-21(24)34)28(25)30(37)38-22-15-5-4-10-17(22)16-8-2-1-3-9-16/h1-3,6-9,11-14,17,22,25-28H,4-5,10,15H2,(H,35,36)/t17-,22+,25-,26-,27?,28?/m0/s1. The molecule has 2 aliphatic rings. The Morgan fingerprint density at radius 3 is 1.68 bits per heavy atom. The molecule has 0 amide bonds. The Morgan fingerprint density at radius 2 is 1.18 bits per heavy atom. The summed E-state index contributed by atoms with van der Waals surface area (Å²) in [6.45, 7) is 0. The Morgan fingerprint density at radius 1 is 0.684 bits per heavy atom. The molecule has 8 heteroatoms. The number of hydrogen-bond donors (Lipinski definition) is 1. The first-order valence-corrected chi connectivity index (χ1v) is 14.2. The third kappa shape index (κ3) is 5.04. The fraction of sp³-hybridized carbons (Fsp3) is 0.333. The fourth-order valence-corrected chi connectivity index (χ4v) is 7.57. The molecule has 1 N–H and O–H groups in total. The van der Waals surface area contributed by atoms with E-state index in [0.29, 0.717) is 31.2 Å². The van der Waals surface area contributed by atoms with Crippen molar-refractivity contribution in [1.29, 1.82) is 0 Å². The number of halogens is 4. The lowest BCUT2D eigenvalue weighted by Gasteiger charge is -2.50. The van der Waals surface area contributed by atoms with Crippen LogP contribution in [-0.4, -0.2) is 23.1 Å². The minimum absolute atomic E-state index is 0.0638. The molecule has 0 radical (unpaired) electrons. The van der Waals surface area contributed by atoms with E-state index in [1.807, 2.05) is 18.2 Å². The van der Waals surface area contributed by atoms with Gasteiger partial charge in [-0.15, -0.1) is 0 Å². The summed E-state index contributed by atoms with van der Waals surface area (Å²) in [7, 11) is 0. The molecule has 38 heavy (non-hydrogen) atoms. The first-order valence-electron chi connectivity index (χ1n) is 12.7. The summed E-state index contributed by atoms with van der Waals surface area (Å²) in [5, 5.41) is 11.6. The zero-order valence-corrected chi connectivity index (χ0v) is 23.4. The third-order valence-electron chi connectivity index (χ3n) is 7.97. The maximum atomic E-state index is 14.1. The second-order valence-corrected chi connectivity index (χ2v) is 11.6. The van der Waals surface area contributed by atoms with Gasteiger partial charge >= 0.3 is 11.9 Å². The van der Waals surface area contributed by atoms with E-state index in [9.17, 15) is 14.7 Å². The molecule has 0 aromatic heterocycles. The van der Waals surface area contributed by atoms with Crippen molar-refractivity contribution in [2.75, 3.05) is 0 Å². The van der Waals surface area contributed by atoms with Gasteiger partial charge in [0.2, 0.25) is 0 Å². The zero-order valence-electron chi connectivity index (χ0n) is 20.3. The Bertz CT molecular complexity index is 1250. The lowest BCUT2D eigenvalue weighted by Crippen LogP contribution is -2.52. The minimum Gasteiger partial charge on any atom is -0.481 e. The van der Waals surface area contributed by atoms with Crippen LogP contribution in [0.3, 0.4) is 0 Å². The number of rotatable bonds is 6. The van der Waals surface area contributed by atoms with Crippen LogP contribution in [0.2, 0.25) is 20.1 Å². The molecule has 3 aromatic carbocycles. The normalized spacial score (nSPS) is 26.8. The molecule has 0 heterocycles. The summed E-state index contributed by atoms with van der Waals surface area (Å²) in [6.07, 6.45) is 3.31. The smallest absolute Gasteiger partial charge is 0.310 e. The van der Waals surface area contributed by atoms with Crippen LogP contribution in [0.15, 0.2) is 66.7 Å². The Labute approximate surface area is 241 Å². The minimum atomic E-state index is -1.09. The molecule has 4 nitrogen and oxygen atoms in total. The van der Waals surface area contributed by atoms with Crippen LogP contribution in [-0.2, 0) is 14.3 Å². The monoisotopic (exact) mass is 590 g/mol. The molecule has 0 aliphatic heterocycles. The van der Waals surface area contributed by atoms with Crippen molar-refractivity contribution in [3.05, 3.63) is 104 Å². The van der Waals surface area contributed by atoms with Gasteiger partial charge in [0.05, 0.1) is 11.8 Å². The molecular weight excluding hydrogens is 566 g/mol. The molecule has 2 saturated carbocycles. The van der Waals surface area contributed by atoms with E-state index in [0.717, 1.165) is 31.2 Å². The van der Waals surface area contributed by atoms with Crippen molar-refractivity contribution in [2.45, 2.75) is 49.5 Å². The van der Waals surface area contributed by atoms with Crippen LogP contribution in [0.4, 0.5) is 0 Å². The van der Waals surface area contributed by atoms with E-state index in [-0.39, 0.29) is 12.0 Å². The number of ether oxygens (including phenoxy) is 1. The molecule has 198 valence electrons. The predicted octanol–water partition coefficient (Wildman–Crippen LogP) is 8.77. The Hall–Kier alpha value is -2.24. The lowest BCUT2D eigenvalue weighted by atomic mass is 9.52. The van der Waals surface area contributed by atoms with E-state index in [1.54, 1.807) is 36.4 Å². The predicted molar refractivity (Wildman–Crippen MR) is 151 cm³/mol. The van der Waals surface area contributed by atoms with E-state index in [2.05, 4.69) is 12.1 Å². The van der Waals surface area contributed by atoms with Crippen molar-refractivity contribution >= 4 is 58.3 Å². The number of carboxylic acid groups (broad SMARTS) is 1. The lowest BCUT2D eigenvalue weighted by molar-refractivity contribution is -0.170. The third-order valence-corrected chi connectivity index (χ3v) is 9.29. The number of esters is 1. The average molecular weight is 592 g/mol. The summed E-state index contributed by atoms with van der Waals surface area (Å²) in [5.41, 5.74) is 1.97. The number of benzene rings is 3. The van der Waals surface area contributed by atoms with Crippen molar-refractivity contribution in [3.8, 4) is 0 Å². The summed E-state index contributed by atoms with van der Waals surface area (Å²) in [4.78, 5) is 26.7. The van der Waals surface area contributed by atoms with E-state index >= 15 is 0 Å². The Balaban J connectivity index is 1.56. The van der Waals surface area contributed by atoms with E-state index < -0.39 is 35.6 Å². The summed E-state index contributed by atoms with van der Waals surface area (Å²) >= 11 is 26.2. The van der Waals surface area contributed by atoms with Gasteiger partial charge < -0.3 is 9.84 Å². The average Bonchev–Trinajstić information content (AvgIpc) is 2.87. The van der Waals surface area contributed by atoms with Crippen molar-refractivity contribution in [1.82, 2.24) is 0 Å². The van der Waals surface area contributed by atoms with E-state index in [4.69, 9.17) is 51.1 Å². The molecular formula is C30H26Cl4O4. The molecule has 3 aromatic rings. The second-order valence-electron chi connectivity index (χ2n) is 9.99. The largest absolute Gasteiger partial charge is 0.481 e. The van der Waals surface area contributed by atoms with Crippen molar-refractivity contribution in [3.63, 3.8) is 0 Å². The summed E-state index contributed by atoms with van der Waals surface area (Å²) in [5.74, 6) is -5.04. The van der Waals surface area contributed by atoms with Crippen molar-refractivity contribution < 1.29 is 19.4 Å². The SMILES string of the molecule is O=C(O)C1[C@H](c2c(Cl)cccc2Cl)C(C(=O)O[C@@H]2CCCC[C@H]2c2ccccc2)[C@H]1c1c(Cl)cccc1Cl. The Kier molecular flexibility index (Phi) is 8.25. The van der Waals surface area contributed by atoms with Crippen LogP contribution in [0.1, 0.15) is 60.1 Å². The van der Waals surface area contributed by atoms with Gasteiger partial charge in [0.15, 0.2) is 0 Å². The molecule has 2 aliphatic carbocycles. The zero-order chi connectivity index (χ0) is 27.0. The number of carboxylic acids is 1. The first-order chi connectivity index (χ1) is 18.3. The van der Waals surface area contributed by atoms with Crippen LogP contribution >= 0.6 is 46.4 Å². The van der Waals surface area contributed by atoms with Crippen LogP contribution in [0, 0.1) is 11.8 Å². The number of hydrogen-bond acceptors (Lipinski definition) is 3. The van der Waals surface area contributed by atoms with Gasteiger partial charge in [-0.25, -0.2) is 0 Å². The van der Waals surface area contributed by atoms with Crippen molar-refractivity contribution in [2.24, 2.45) is 11.8 Å². The highest BCUT2D eigenvalue weighted by atomic mass is 35.5. The van der Waals surface area contributed by atoms with Gasteiger partial charge in [-0.3, -0.25) is 9.59 Å². The topological polar surface area (TPSA) is 63.6 Å². The summed E-state index contributed by atoms with van der Waals surface area (Å²) < 4.78 is 6.25. The maximum absolute atomic E-state index is 14.1. The molecule has 0 spiro atoms. The number of aliphatic carboxylic acids is 1. The molecule has 0 bridgehead atoms. The van der Waals surface area contributed by atoms with Crippen LogP contribution in [0.25, 0.3) is 0 Å². The maximum Gasteiger partial charge on any atom is 0.310 e. The van der Waals surface area contributed by atoms with Crippen LogP contribution in [0.5, 0.6) is 0 Å². The highest BCUT2D eigenvalue weighted by Crippen LogP contribution is 2.62. The number of carbonyl (C=O) groups excluding carboxylic acids is 1. The summed E-state index contributed by atoms with van der Waals surface area (Å²) in [6, 6.07) is 20.0. The fourth-order valence-electron chi connectivity index (χ4n) is 6.27. The molecule has 0 unspecified atom stereocenters. The van der Waals surface area contributed by atoms with Gasteiger partial charge in [0, 0.05) is 37.8 Å². The van der Waals surface area contributed by atoms with Gasteiger partial charge in [0.1, 0.15) is 6.10 Å². The quantitative estimate of drug-likeness (QED) is 0.291. The van der Waals surface area contributed by atoms with E-state index in [1.165, 1.54) is 0 Å².